The van der Waals surface area contributed by atoms with Crippen LogP contribution >= 0.6 is 0 Å². The number of benzene rings is 2. The average Bonchev–Trinajstić information content (AvgIpc) is 2.40. The van der Waals surface area contributed by atoms with Crippen LogP contribution in [0.5, 0.6) is 0 Å². The molecule has 0 spiro atoms. The van der Waals surface area contributed by atoms with Crippen LogP contribution in [0.4, 0.5) is 5.69 Å². The highest BCUT2D eigenvalue weighted by Gasteiger charge is 2.05. The summed E-state index contributed by atoms with van der Waals surface area (Å²) < 4.78 is 0. The highest BCUT2D eigenvalue weighted by molar-refractivity contribution is 5.48. The minimum absolute atomic E-state index is 0.327. The van der Waals surface area contributed by atoms with Gasteiger partial charge in [-0.1, -0.05) is 56.3 Å². The third-order valence-electron chi connectivity index (χ3n) is 3.24. The smallest absolute Gasteiger partial charge is 0.0485 e. The Hall–Kier alpha value is -1.76. The summed E-state index contributed by atoms with van der Waals surface area (Å²) in [6, 6.07) is 19.5. The molecule has 0 radical (unpaired) electrons. The maximum absolute atomic E-state index is 3.55. The standard InChI is InChI=1S/C17H21N/c1-13(2)16-10-7-11-17(12-16)18-14(3)15-8-5-4-6-9-15/h4-14,18H,1-3H3. The number of hydrogen-bond acceptors (Lipinski definition) is 1. The van der Waals surface area contributed by atoms with Gasteiger partial charge in [0.25, 0.3) is 0 Å². The normalized spacial score (nSPS) is 12.4. The Morgan fingerprint density at radius 1 is 0.778 bits per heavy atom. The van der Waals surface area contributed by atoms with Crippen LogP contribution in [0.15, 0.2) is 54.6 Å². The summed E-state index contributed by atoms with van der Waals surface area (Å²) in [4.78, 5) is 0. The molecule has 2 aromatic carbocycles. The molecule has 1 unspecified atom stereocenters. The molecule has 0 amide bonds. The van der Waals surface area contributed by atoms with Crippen molar-refractivity contribution in [3.05, 3.63) is 65.7 Å². The second-order valence-electron chi connectivity index (χ2n) is 5.06. The van der Waals surface area contributed by atoms with E-state index in [1.807, 2.05) is 0 Å². The summed E-state index contributed by atoms with van der Waals surface area (Å²) in [5.74, 6) is 0.568. The summed E-state index contributed by atoms with van der Waals surface area (Å²) in [6.45, 7) is 6.64. The molecular weight excluding hydrogens is 218 g/mol. The van der Waals surface area contributed by atoms with Crippen LogP contribution in [0.2, 0.25) is 0 Å². The van der Waals surface area contributed by atoms with Gasteiger partial charge in [0.2, 0.25) is 0 Å². The van der Waals surface area contributed by atoms with Gasteiger partial charge in [0.05, 0.1) is 0 Å². The van der Waals surface area contributed by atoms with Crippen molar-refractivity contribution in [2.75, 3.05) is 5.32 Å². The Morgan fingerprint density at radius 2 is 1.44 bits per heavy atom. The van der Waals surface area contributed by atoms with Crippen LogP contribution in [0, 0.1) is 0 Å². The third-order valence-corrected chi connectivity index (χ3v) is 3.24. The second-order valence-corrected chi connectivity index (χ2v) is 5.06. The molecular formula is C17H21N. The third kappa shape index (κ3) is 3.13. The molecule has 1 nitrogen and oxygen atoms in total. The molecule has 2 rings (SSSR count). The van der Waals surface area contributed by atoms with E-state index in [2.05, 4.69) is 80.7 Å². The maximum Gasteiger partial charge on any atom is 0.0485 e. The molecule has 0 fully saturated rings. The lowest BCUT2D eigenvalue weighted by Crippen LogP contribution is -2.06. The van der Waals surface area contributed by atoms with Gasteiger partial charge in [-0.05, 0) is 36.1 Å². The summed E-state index contributed by atoms with van der Waals surface area (Å²) in [5.41, 5.74) is 3.88. The average molecular weight is 239 g/mol. The molecule has 0 aliphatic heterocycles. The number of hydrogen-bond donors (Lipinski definition) is 1. The fourth-order valence-corrected chi connectivity index (χ4v) is 2.06. The quantitative estimate of drug-likeness (QED) is 0.793. The van der Waals surface area contributed by atoms with Crippen LogP contribution in [-0.2, 0) is 0 Å². The van der Waals surface area contributed by atoms with E-state index in [0.717, 1.165) is 0 Å². The van der Waals surface area contributed by atoms with E-state index in [-0.39, 0.29) is 0 Å². The Labute approximate surface area is 110 Å². The van der Waals surface area contributed by atoms with Crippen LogP contribution < -0.4 is 5.32 Å². The molecule has 1 N–H and O–H groups in total. The Morgan fingerprint density at radius 3 is 2.11 bits per heavy atom. The molecule has 0 aromatic heterocycles. The summed E-state index contributed by atoms with van der Waals surface area (Å²) in [7, 11) is 0. The maximum atomic E-state index is 3.55. The van der Waals surface area contributed by atoms with E-state index in [1.165, 1.54) is 16.8 Å². The minimum Gasteiger partial charge on any atom is -0.379 e. The van der Waals surface area contributed by atoms with Crippen molar-refractivity contribution in [2.24, 2.45) is 0 Å². The van der Waals surface area contributed by atoms with Gasteiger partial charge in [-0.2, -0.15) is 0 Å². The Balaban J connectivity index is 2.12. The lowest BCUT2D eigenvalue weighted by atomic mass is 10.0. The number of anilines is 1. The van der Waals surface area contributed by atoms with E-state index in [9.17, 15) is 0 Å². The highest BCUT2D eigenvalue weighted by atomic mass is 14.9. The van der Waals surface area contributed by atoms with Crippen LogP contribution in [0.3, 0.4) is 0 Å². The van der Waals surface area contributed by atoms with E-state index in [0.29, 0.717) is 12.0 Å². The number of rotatable bonds is 4. The minimum atomic E-state index is 0.327. The molecule has 0 aliphatic rings. The van der Waals surface area contributed by atoms with Crippen LogP contribution in [0.25, 0.3) is 0 Å². The summed E-state index contributed by atoms with van der Waals surface area (Å²) in [5, 5.41) is 3.55. The largest absolute Gasteiger partial charge is 0.379 e. The van der Waals surface area contributed by atoms with Crippen LogP contribution in [-0.4, -0.2) is 0 Å². The van der Waals surface area contributed by atoms with Crippen molar-refractivity contribution in [1.29, 1.82) is 0 Å². The number of nitrogens with one attached hydrogen (secondary N) is 1. The Bertz CT molecular complexity index is 488. The van der Waals surface area contributed by atoms with Gasteiger partial charge in [0.1, 0.15) is 0 Å². The van der Waals surface area contributed by atoms with E-state index < -0.39 is 0 Å². The van der Waals surface area contributed by atoms with Gasteiger partial charge in [-0.15, -0.1) is 0 Å². The van der Waals surface area contributed by atoms with E-state index in [4.69, 9.17) is 0 Å². The summed E-state index contributed by atoms with van der Waals surface area (Å²) in [6.07, 6.45) is 0. The highest BCUT2D eigenvalue weighted by Crippen LogP contribution is 2.22. The van der Waals surface area contributed by atoms with Gasteiger partial charge in [-0.3, -0.25) is 0 Å². The first kappa shape index (κ1) is 12.7. The first-order valence-electron chi connectivity index (χ1n) is 6.58. The topological polar surface area (TPSA) is 12.0 Å². The fourth-order valence-electron chi connectivity index (χ4n) is 2.06. The fraction of sp³-hybridized carbons (Fsp3) is 0.294. The molecule has 0 saturated heterocycles. The summed E-state index contributed by atoms with van der Waals surface area (Å²) >= 11 is 0. The molecule has 0 bridgehead atoms. The molecule has 94 valence electrons. The van der Waals surface area contributed by atoms with Crippen molar-refractivity contribution in [3.8, 4) is 0 Å². The van der Waals surface area contributed by atoms with Crippen LogP contribution in [0.1, 0.15) is 43.9 Å². The van der Waals surface area contributed by atoms with Crippen molar-refractivity contribution in [3.63, 3.8) is 0 Å². The first-order valence-corrected chi connectivity index (χ1v) is 6.58. The van der Waals surface area contributed by atoms with Gasteiger partial charge in [0.15, 0.2) is 0 Å². The first-order chi connectivity index (χ1) is 8.66. The predicted octanol–water partition coefficient (Wildman–Crippen LogP) is 4.98. The molecule has 0 saturated carbocycles. The molecule has 1 atom stereocenters. The predicted molar refractivity (Wildman–Crippen MR) is 79.0 cm³/mol. The molecule has 2 aromatic rings. The van der Waals surface area contributed by atoms with Gasteiger partial charge in [0, 0.05) is 11.7 Å². The van der Waals surface area contributed by atoms with Gasteiger partial charge in [-0.25, -0.2) is 0 Å². The van der Waals surface area contributed by atoms with E-state index >= 15 is 0 Å². The van der Waals surface area contributed by atoms with Crippen molar-refractivity contribution in [1.82, 2.24) is 0 Å². The van der Waals surface area contributed by atoms with E-state index in [1.54, 1.807) is 0 Å². The zero-order valence-corrected chi connectivity index (χ0v) is 11.4. The Kier molecular flexibility index (Phi) is 4.03. The lowest BCUT2D eigenvalue weighted by molar-refractivity contribution is 0.858. The SMILES string of the molecule is CC(C)c1cccc(NC(C)c2ccccc2)c1. The van der Waals surface area contributed by atoms with Gasteiger partial charge < -0.3 is 5.32 Å². The molecule has 1 heteroatoms. The lowest BCUT2D eigenvalue weighted by Gasteiger charge is -2.17. The molecule has 0 aliphatic carbocycles. The monoisotopic (exact) mass is 239 g/mol. The second kappa shape index (κ2) is 5.72. The van der Waals surface area contributed by atoms with Crippen molar-refractivity contribution < 1.29 is 0 Å². The van der Waals surface area contributed by atoms with Crippen molar-refractivity contribution >= 4 is 5.69 Å². The zero-order chi connectivity index (χ0) is 13.0. The molecule has 18 heavy (non-hydrogen) atoms. The zero-order valence-electron chi connectivity index (χ0n) is 11.4. The van der Waals surface area contributed by atoms with Gasteiger partial charge >= 0.3 is 0 Å². The molecule has 0 heterocycles. The van der Waals surface area contributed by atoms with Crippen molar-refractivity contribution in [2.45, 2.75) is 32.7 Å².